The SMILES string of the molecule is CCCCCc1nc2nc(N)[nH]n2c(=O)c1Cc1cccc(Cl)c1. The summed E-state index contributed by atoms with van der Waals surface area (Å²) < 4.78 is 1.30. The van der Waals surface area contributed by atoms with Crippen molar-refractivity contribution in [3.63, 3.8) is 0 Å². The number of fused-ring (bicyclic) bond motifs is 1. The molecule has 7 heteroatoms. The molecular weight excluding hydrogens is 326 g/mol. The number of nitrogen functional groups attached to an aromatic ring is 1. The molecule has 3 N–H and O–H groups in total. The second-order valence-electron chi connectivity index (χ2n) is 5.85. The van der Waals surface area contributed by atoms with Gasteiger partial charge in [-0.15, -0.1) is 0 Å². The largest absolute Gasteiger partial charge is 0.368 e. The van der Waals surface area contributed by atoms with E-state index >= 15 is 0 Å². The minimum absolute atomic E-state index is 0.157. The standard InChI is InChI=1S/C17H20ClN5O/c1-2-3-4-8-14-13(10-11-6-5-7-12(18)9-11)15(24)23-17(20-14)21-16(19)22-23/h5-7,9H,2-4,8,10H2,1H3,(H3,19,20,21,22). The van der Waals surface area contributed by atoms with Gasteiger partial charge in [0.2, 0.25) is 5.95 Å². The van der Waals surface area contributed by atoms with Crippen LogP contribution in [-0.2, 0) is 12.8 Å². The molecule has 0 radical (unpaired) electrons. The number of nitrogens with zero attached hydrogens (tertiary/aromatic N) is 3. The molecule has 3 aromatic rings. The van der Waals surface area contributed by atoms with Crippen LogP contribution in [0.5, 0.6) is 0 Å². The number of aromatic nitrogens is 4. The van der Waals surface area contributed by atoms with Crippen molar-refractivity contribution < 1.29 is 0 Å². The van der Waals surface area contributed by atoms with Gasteiger partial charge < -0.3 is 5.73 Å². The third-order valence-electron chi connectivity index (χ3n) is 3.98. The van der Waals surface area contributed by atoms with Crippen molar-refractivity contribution in [2.75, 3.05) is 5.73 Å². The number of hydrogen-bond acceptors (Lipinski definition) is 4. The van der Waals surface area contributed by atoms with Crippen LogP contribution in [0.25, 0.3) is 5.78 Å². The van der Waals surface area contributed by atoms with Gasteiger partial charge in [0.15, 0.2) is 0 Å². The Morgan fingerprint density at radius 3 is 2.88 bits per heavy atom. The smallest absolute Gasteiger partial charge is 0.277 e. The molecule has 0 bridgehead atoms. The number of nitrogens with one attached hydrogen (secondary N) is 1. The lowest BCUT2D eigenvalue weighted by molar-refractivity contribution is 0.697. The first kappa shape index (κ1) is 16.5. The Bertz CT molecular complexity index is 915. The molecule has 24 heavy (non-hydrogen) atoms. The van der Waals surface area contributed by atoms with Crippen molar-refractivity contribution in [1.82, 2.24) is 19.6 Å². The fourth-order valence-electron chi connectivity index (χ4n) is 2.79. The van der Waals surface area contributed by atoms with E-state index in [1.807, 2.05) is 24.3 Å². The second-order valence-corrected chi connectivity index (χ2v) is 6.29. The second kappa shape index (κ2) is 7.05. The molecule has 0 aliphatic rings. The van der Waals surface area contributed by atoms with Gasteiger partial charge in [-0.1, -0.05) is 43.5 Å². The Balaban J connectivity index is 2.06. The summed E-state index contributed by atoms with van der Waals surface area (Å²) >= 11 is 6.06. The molecule has 0 unspecified atom stereocenters. The molecular formula is C17H20ClN5O. The molecule has 0 atom stereocenters. The van der Waals surface area contributed by atoms with E-state index < -0.39 is 0 Å². The fourth-order valence-corrected chi connectivity index (χ4v) is 3.00. The number of unbranched alkanes of at least 4 members (excludes halogenated alkanes) is 2. The third-order valence-corrected chi connectivity index (χ3v) is 4.21. The van der Waals surface area contributed by atoms with Gasteiger partial charge in [0, 0.05) is 17.0 Å². The highest BCUT2D eigenvalue weighted by atomic mass is 35.5. The van der Waals surface area contributed by atoms with E-state index in [0.29, 0.717) is 22.8 Å². The van der Waals surface area contributed by atoms with E-state index in [-0.39, 0.29) is 11.5 Å². The summed E-state index contributed by atoms with van der Waals surface area (Å²) in [5.74, 6) is 0.498. The molecule has 0 fully saturated rings. The topological polar surface area (TPSA) is 89.1 Å². The predicted molar refractivity (Wildman–Crippen MR) is 95.5 cm³/mol. The van der Waals surface area contributed by atoms with Crippen molar-refractivity contribution in [3.05, 3.63) is 56.5 Å². The van der Waals surface area contributed by atoms with Crippen LogP contribution in [-0.4, -0.2) is 19.6 Å². The lowest BCUT2D eigenvalue weighted by Crippen LogP contribution is -2.23. The maximum atomic E-state index is 12.8. The maximum absolute atomic E-state index is 12.8. The normalized spacial score (nSPS) is 11.2. The molecule has 6 nitrogen and oxygen atoms in total. The van der Waals surface area contributed by atoms with Crippen LogP contribution in [0.1, 0.15) is 43.0 Å². The highest BCUT2D eigenvalue weighted by molar-refractivity contribution is 6.30. The maximum Gasteiger partial charge on any atom is 0.277 e. The van der Waals surface area contributed by atoms with Gasteiger partial charge in [0.1, 0.15) is 0 Å². The minimum Gasteiger partial charge on any atom is -0.368 e. The number of halogens is 1. The number of benzene rings is 1. The molecule has 2 heterocycles. The summed E-state index contributed by atoms with van der Waals surface area (Å²) in [6.07, 6.45) is 4.43. The van der Waals surface area contributed by atoms with Crippen LogP contribution in [0, 0.1) is 0 Å². The number of aryl methyl sites for hydroxylation is 1. The van der Waals surface area contributed by atoms with E-state index in [9.17, 15) is 4.79 Å². The number of anilines is 1. The number of H-pyrrole nitrogens is 1. The molecule has 3 rings (SSSR count). The van der Waals surface area contributed by atoms with Crippen molar-refractivity contribution in [1.29, 1.82) is 0 Å². The van der Waals surface area contributed by atoms with E-state index in [4.69, 9.17) is 17.3 Å². The molecule has 0 aliphatic carbocycles. The first-order valence-electron chi connectivity index (χ1n) is 8.09. The quantitative estimate of drug-likeness (QED) is 0.672. The molecule has 0 saturated carbocycles. The zero-order chi connectivity index (χ0) is 17.1. The molecule has 1 aromatic carbocycles. The van der Waals surface area contributed by atoms with E-state index in [0.717, 1.165) is 36.9 Å². The van der Waals surface area contributed by atoms with Crippen LogP contribution in [0.3, 0.4) is 0 Å². The average molecular weight is 346 g/mol. The minimum atomic E-state index is -0.157. The summed E-state index contributed by atoms with van der Waals surface area (Å²) in [7, 11) is 0. The van der Waals surface area contributed by atoms with Crippen molar-refractivity contribution in [3.8, 4) is 0 Å². The summed E-state index contributed by atoms with van der Waals surface area (Å²) in [5, 5.41) is 3.39. The summed E-state index contributed by atoms with van der Waals surface area (Å²) in [4.78, 5) is 21.5. The van der Waals surface area contributed by atoms with Crippen LogP contribution < -0.4 is 11.3 Å². The Kier molecular flexibility index (Phi) is 4.85. The van der Waals surface area contributed by atoms with Crippen molar-refractivity contribution in [2.45, 2.75) is 39.0 Å². The van der Waals surface area contributed by atoms with Gasteiger partial charge in [0.05, 0.1) is 5.69 Å². The molecule has 2 aromatic heterocycles. The van der Waals surface area contributed by atoms with Gasteiger partial charge in [-0.05, 0) is 30.5 Å². The van der Waals surface area contributed by atoms with Gasteiger partial charge in [-0.2, -0.15) is 9.50 Å². The van der Waals surface area contributed by atoms with Gasteiger partial charge >= 0.3 is 0 Å². The fraction of sp³-hybridized carbons (Fsp3) is 0.353. The third kappa shape index (κ3) is 3.43. The Hall–Kier alpha value is -2.34. The highest BCUT2D eigenvalue weighted by Gasteiger charge is 2.15. The lowest BCUT2D eigenvalue weighted by Gasteiger charge is -2.09. The van der Waals surface area contributed by atoms with Gasteiger partial charge in [-0.25, -0.2) is 4.98 Å². The average Bonchev–Trinajstić information content (AvgIpc) is 2.92. The first-order valence-corrected chi connectivity index (χ1v) is 8.46. The monoisotopic (exact) mass is 345 g/mol. The van der Waals surface area contributed by atoms with Crippen LogP contribution in [0.15, 0.2) is 29.1 Å². The first-order chi connectivity index (χ1) is 11.6. The lowest BCUT2D eigenvalue weighted by atomic mass is 10.0. The molecule has 126 valence electrons. The number of aromatic amines is 1. The van der Waals surface area contributed by atoms with Crippen LogP contribution in [0.2, 0.25) is 5.02 Å². The Morgan fingerprint density at radius 1 is 1.29 bits per heavy atom. The molecule has 0 amide bonds. The Labute approximate surface area is 144 Å². The van der Waals surface area contributed by atoms with Crippen LogP contribution in [0.4, 0.5) is 5.95 Å². The summed E-state index contributed by atoms with van der Waals surface area (Å²) in [5.41, 5.74) is 7.94. The molecule has 0 saturated heterocycles. The van der Waals surface area contributed by atoms with E-state index in [2.05, 4.69) is 22.0 Å². The van der Waals surface area contributed by atoms with Crippen LogP contribution >= 0.6 is 11.6 Å². The number of hydrogen-bond donors (Lipinski definition) is 2. The molecule has 0 aliphatic heterocycles. The molecule has 0 spiro atoms. The van der Waals surface area contributed by atoms with Gasteiger partial charge in [0.25, 0.3) is 11.3 Å². The number of nitrogens with two attached hydrogens (primary N) is 1. The zero-order valence-corrected chi connectivity index (χ0v) is 14.3. The van der Waals surface area contributed by atoms with Crippen molar-refractivity contribution >= 4 is 23.3 Å². The van der Waals surface area contributed by atoms with Gasteiger partial charge in [-0.3, -0.25) is 9.89 Å². The highest BCUT2D eigenvalue weighted by Crippen LogP contribution is 2.16. The predicted octanol–water partition coefficient (Wildman–Crippen LogP) is 2.98. The summed E-state index contributed by atoms with van der Waals surface area (Å²) in [6, 6.07) is 7.52. The van der Waals surface area contributed by atoms with Crippen molar-refractivity contribution in [2.24, 2.45) is 0 Å². The van der Waals surface area contributed by atoms with E-state index in [1.54, 1.807) is 0 Å². The Morgan fingerprint density at radius 2 is 2.12 bits per heavy atom. The van der Waals surface area contributed by atoms with E-state index in [1.165, 1.54) is 4.52 Å². The zero-order valence-electron chi connectivity index (χ0n) is 13.6. The summed E-state index contributed by atoms with van der Waals surface area (Å²) in [6.45, 7) is 2.15. The number of rotatable bonds is 6.